The molecule has 2 aromatic rings. The average Bonchev–Trinajstić information content (AvgIpc) is 3.19. The summed E-state index contributed by atoms with van der Waals surface area (Å²) in [6, 6.07) is 4.27. The molecule has 2 aromatic heterocycles. The minimum absolute atomic E-state index is 0.366. The fraction of sp³-hybridized carbons (Fsp3) is 0.353. The van der Waals surface area contributed by atoms with Crippen LogP contribution in [0.3, 0.4) is 0 Å². The number of nitro groups is 1. The van der Waals surface area contributed by atoms with Crippen LogP contribution in [0, 0.1) is 21.4 Å². The summed E-state index contributed by atoms with van der Waals surface area (Å²) in [5, 5.41) is 23.0. The van der Waals surface area contributed by atoms with Crippen LogP contribution in [-0.2, 0) is 22.4 Å². The molecule has 3 rings (SSSR count). The van der Waals surface area contributed by atoms with Crippen molar-refractivity contribution in [3.63, 3.8) is 0 Å². The number of ether oxygens (including phenoxy) is 1. The molecule has 1 aliphatic carbocycles. The Balaban J connectivity index is 1.62. The van der Waals surface area contributed by atoms with Crippen molar-refractivity contribution in [2.24, 2.45) is 0 Å². The molecule has 1 aliphatic rings. The van der Waals surface area contributed by atoms with Gasteiger partial charge in [0.1, 0.15) is 16.0 Å². The zero-order valence-corrected chi connectivity index (χ0v) is 15.0. The summed E-state index contributed by atoms with van der Waals surface area (Å²) < 4.78 is 9.52. The number of amides is 1. The summed E-state index contributed by atoms with van der Waals surface area (Å²) in [6.07, 6.45) is 4.89. The second-order valence-electron chi connectivity index (χ2n) is 5.90. The van der Waals surface area contributed by atoms with Crippen LogP contribution in [-0.4, -0.2) is 23.4 Å². The van der Waals surface area contributed by atoms with Crippen LogP contribution in [0.2, 0.25) is 0 Å². The van der Waals surface area contributed by atoms with E-state index >= 15 is 0 Å². The topological polar surface area (TPSA) is 135 Å². The number of carbonyl (C=O) groups excluding carboxylic acids is 2. The lowest BCUT2D eigenvalue weighted by Gasteiger charge is -2.04. The maximum Gasteiger partial charge on any atom is 0.433 e. The van der Waals surface area contributed by atoms with Crippen LogP contribution in [0.1, 0.15) is 45.8 Å². The van der Waals surface area contributed by atoms with E-state index in [4.69, 9.17) is 9.15 Å². The van der Waals surface area contributed by atoms with Crippen molar-refractivity contribution in [1.29, 1.82) is 5.26 Å². The van der Waals surface area contributed by atoms with Crippen molar-refractivity contribution in [3.05, 3.63) is 44.0 Å². The third-order valence-corrected chi connectivity index (χ3v) is 5.30. The number of nitrogens with one attached hydrogen (secondary N) is 1. The van der Waals surface area contributed by atoms with Gasteiger partial charge in [-0.2, -0.15) is 5.26 Å². The van der Waals surface area contributed by atoms with Gasteiger partial charge in [0.05, 0.1) is 11.6 Å². The van der Waals surface area contributed by atoms with Crippen molar-refractivity contribution in [2.75, 3.05) is 11.9 Å². The van der Waals surface area contributed by atoms with Gasteiger partial charge in [0, 0.05) is 4.88 Å². The van der Waals surface area contributed by atoms with E-state index in [1.54, 1.807) is 0 Å². The van der Waals surface area contributed by atoms with Crippen molar-refractivity contribution in [1.82, 2.24) is 0 Å². The van der Waals surface area contributed by atoms with Gasteiger partial charge in [-0.3, -0.25) is 14.9 Å². The fourth-order valence-electron chi connectivity index (χ4n) is 2.85. The van der Waals surface area contributed by atoms with E-state index in [9.17, 15) is 25.0 Å². The molecule has 0 saturated heterocycles. The summed E-state index contributed by atoms with van der Waals surface area (Å²) in [5.41, 5.74) is 1.47. The highest BCUT2D eigenvalue weighted by molar-refractivity contribution is 7.16. The smallest absolute Gasteiger partial charge is 0.433 e. The molecule has 0 radical (unpaired) electrons. The zero-order valence-electron chi connectivity index (χ0n) is 14.1. The number of furan rings is 1. The monoisotopic (exact) mass is 389 g/mol. The number of aryl methyl sites for hydroxylation is 1. The molecule has 2 heterocycles. The van der Waals surface area contributed by atoms with E-state index in [2.05, 4.69) is 11.4 Å². The quantitative estimate of drug-likeness (QED) is 0.359. The third-order valence-electron chi connectivity index (χ3n) is 4.09. The van der Waals surface area contributed by atoms with Crippen molar-refractivity contribution < 1.29 is 23.7 Å². The van der Waals surface area contributed by atoms with Gasteiger partial charge in [-0.05, 0) is 37.3 Å². The molecule has 0 aliphatic heterocycles. The number of fused-ring (bicyclic) bond motifs is 1. The number of nitrogens with zero attached hydrogens (tertiary/aromatic N) is 2. The highest BCUT2D eigenvalue weighted by atomic mass is 32.1. The van der Waals surface area contributed by atoms with Gasteiger partial charge in [-0.15, -0.1) is 11.3 Å². The second-order valence-corrected chi connectivity index (χ2v) is 7.00. The minimum atomic E-state index is -0.985. The van der Waals surface area contributed by atoms with E-state index in [-0.39, 0.29) is 5.76 Å². The molecule has 1 N–H and O–H groups in total. The number of hydrogen-bond donors (Lipinski definition) is 1. The lowest BCUT2D eigenvalue weighted by atomic mass is 10.1. The van der Waals surface area contributed by atoms with Gasteiger partial charge < -0.3 is 14.5 Å². The predicted octanol–water partition coefficient (Wildman–Crippen LogP) is 3.19. The molecule has 0 saturated carbocycles. The van der Waals surface area contributed by atoms with Crippen LogP contribution in [0.4, 0.5) is 10.9 Å². The van der Waals surface area contributed by atoms with Gasteiger partial charge in [0.2, 0.25) is 5.76 Å². The number of nitriles is 1. The Morgan fingerprint density at radius 1 is 1.33 bits per heavy atom. The van der Waals surface area contributed by atoms with Gasteiger partial charge in [0.25, 0.3) is 5.91 Å². The Morgan fingerprint density at radius 2 is 2.11 bits per heavy atom. The molecule has 0 fully saturated rings. The lowest BCUT2D eigenvalue weighted by Crippen LogP contribution is -2.20. The first kappa shape index (κ1) is 18.6. The van der Waals surface area contributed by atoms with E-state index in [0.29, 0.717) is 10.6 Å². The zero-order chi connectivity index (χ0) is 19.4. The molecular formula is C17H15N3O6S. The first-order valence-corrected chi connectivity index (χ1v) is 9.07. The Kier molecular flexibility index (Phi) is 5.52. The van der Waals surface area contributed by atoms with Crippen LogP contribution in [0.25, 0.3) is 0 Å². The maximum absolute atomic E-state index is 12.1. The molecule has 0 spiro atoms. The second kappa shape index (κ2) is 8.01. The highest BCUT2D eigenvalue weighted by Gasteiger charge is 2.22. The van der Waals surface area contributed by atoms with Crippen LogP contribution < -0.4 is 5.32 Å². The molecule has 0 atom stereocenters. The number of carbonyl (C=O) groups is 2. The summed E-state index contributed by atoms with van der Waals surface area (Å²) in [6.45, 7) is -0.596. The van der Waals surface area contributed by atoms with E-state index in [1.165, 1.54) is 11.3 Å². The number of thiophene rings is 1. The summed E-state index contributed by atoms with van der Waals surface area (Å²) >= 11 is 1.38. The number of anilines is 1. The summed E-state index contributed by atoms with van der Waals surface area (Å²) in [5.74, 6) is -2.54. The summed E-state index contributed by atoms with van der Waals surface area (Å²) in [4.78, 5) is 34.7. The average molecular weight is 389 g/mol. The van der Waals surface area contributed by atoms with Crippen LogP contribution >= 0.6 is 11.3 Å². The van der Waals surface area contributed by atoms with Gasteiger partial charge in [-0.25, -0.2) is 4.79 Å². The molecule has 9 nitrogen and oxygen atoms in total. The highest BCUT2D eigenvalue weighted by Crippen LogP contribution is 2.36. The SMILES string of the molecule is N#Cc1c(NC(=O)COC(=O)c2ccc([N+](=O)[O-])o2)sc2c1CCCCC2. The molecule has 1 amide bonds. The molecule has 0 aromatic carbocycles. The first-order valence-electron chi connectivity index (χ1n) is 8.25. The molecule has 27 heavy (non-hydrogen) atoms. The third kappa shape index (κ3) is 4.15. The molecule has 140 valence electrons. The van der Waals surface area contributed by atoms with Crippen molar-refractivity contribution in [3.8, 4) is 6.07 Å². The number of hydrogen-bond acceptors (Lipinski definition) is 8. The fourth-order valence-corrected chi connectivity index (χ4v) is 4.11. The van der Waals surface area contributed by atoms with E-state index in [0.717, 1.165) is 54.7 Å². The largest absolute Gasteiger partial charge is 0.450 e. The molecular weight excluding hydrogens is 374 g/mol. The molecule has 0 unspecified atom stereocenters. The Morgan fingerprint density at radius 3 is 2.81 bits per heavy atom. The van der Waals surface area contributed by atoms with Crippen LogP contribution in [0.15, 0.2) is 16.5 Å². The predicted molar refractivity (Wildman–Crippen MR) is 94.6 cm³/mol. The van der Waals surface area contributed by atoms with Crippen molar-refractivity contribution in [2.45, 2.75) is 32.1 Å². The first-order chi connectivity index (χ1) is 13.0. The molecule has 0 bridgehead atoms. The Hall–Kier alpha value is -3.19. The lowest BCUT2D eigenvalue weighted by molar-refractivity contribution is -0.402. The van der Waals surface area contributed by atoms with Gasteiger partial charge in [-0.1, -0.05) is 6.42 Å². The van der Waals surface area contributed by atoms with E-state index in [1.807, 2.05) is 0 Å². The van der Waals surface area contributed by atoms with Gasteiger partial charge >= 0.3 is 11.9 Å². The molecule has 10 heteroatoms. The number of esters is 1. The van der Waals surface area contributed by atoms with Gasteiger partial charge in [0.15, 0.2) is 6.61 Å². The normalized spacial score (nSPS) is 13.1. The summed E-state index contributed by atoms with van der Waals surface area (Å²) in [7, 11) is 0. The minimum Gasteiger partial charge on any atom is -0.450 e. The Labute approximate surface area is 157 Å². The number of rotatable bonds is 5. The van der Waals surface area contributed by atoms with Crippen molar-refractivity contribution >= 4 is 34.1 Å². The van der Waals surface area contributed by atoms with Crippen LogP contribution in [0.5, 0.6) is 0 Å². The standard InChI is InChI=1S/C17H15N3O6S/c18-8-11-10-4-2-1-3-5-13(10)27-16(11)19-14(21)9-25-17(22)12-6-7-15(26-12)20(23)24/h6-7H,1-5,9H2,(H,19,21). The van der Waals surface area contributed by atoms with E-state index < -0.39 is 29.3 Å². The Bertz CT molecular complexity index is 939. The maximum atomic E-state index is 12.1.